The van der Waals surface area contributed by atoms with Gasteiger partial charge in [0.1, 0.15) is 6.61 Å². The van der Waals surface area contributed by atoms with E-state index in [-0.39, 0.29) is 23.3 Å². The van der Waals surface area contributed by atoms with E-state index < -0.39 is 10.0 Å². The number of hydrogen-bond acceptors (Lipinski definition) is 7. The minimum absolute atomic E-state index is 0.0772. The zero-order chi connectivity index (χ0) is 25.3. The van der Waals surface area contributed by atoms with Crippen molar-refractivity contribution >= 4 is 50.7 Å². The normalized spacial score (nSPS) is 14.2. The van der Waals surface area contributed by atoms with E-state index in [1.807, 2.05) is 0 Å². The number of anilines is 3. The van der Waals surface area contributed by atoms with Gasteiger partial charge in [-0.05, 0) is 67.8 Å². The number of aryl methyl sites for hydroxylation is 1. The number of methoxy groups -OCH3 is 1. The number of benzene rings is 2. The number of thioether (sulfide) groups is 1. The molecule has 190 valence electrons. The summed E-state index contributed by atoms with van der Waals surface area (Å²) in [6.07, 6.45) is 6.08. The van der Waals surface area contributed by atoms with Gasteiger partial charge >= 0.3 is 0 Å². The van der Waals surface area contributed by atoms with Gasteiger partial charge in [0.25, 0.3) is 15.9 Å². The fourth-order valence-corrected chi connectivity index (χ4v) is 6.20. The lowest BCUT2D eigenvalue weighted by atomic mass is 10.0. The highest BCUT2D eigenvalue weighted by Crippen LogP contribution is 2.28. The van der Waals surface area contributed by atoms with Gasteiger partial charge in [-0.2, -0.15) is 0 Å². The molecule has 1 aliphatic rings. The van der Waals surface area contributed by atoms with Gasteiger partial charge < -0.3 is 10.1 Å². The minimum atomic E-state index is -3.83. The fraction of sp³-hybridized carbons (Fsp3) is 0.417. The molecule has 0 atom stereocenters. The van der Waals surface area contributed by atoms with Gasteiger partial charge in [-0.3, -0.25) is 25.2 Å². The van der Waals surface area contributed by atoms with Crippen molar-refractivity contribution in [2.75, 3.05) is 34.9 Å². The Morgan fingerprint density at radius 2 is 1.63 bits per heavy atom. The summed E-state index contributed by atoms with van der Waals surface area (Å²) in [7, 11) is -2.41. The number of carbonyl (C=O) groups excluding carboxylic acids is 2. The Kier molecular flexibility index (Phi) is 9.82. The number of hydrazine groups is 1. The topological polar surface area (TPSA) is 126 Å². The van der Waals surface area contributed by atoms with Crippen LogP contribution < -0.4 is 20.9 Å². The van der Waals surface area contributed by atoms with Crippen molar-refractivity contribution in [2.24, 2.45) is 0 Å². The van der Waals surface area contributed by atoms with Crippen LogP contribution in [0, 0.1) is 6.92 Å². The number of rotatable bonds is 11. The molecule has 1 aliphatic carbocycles. The van der Waals surface area contributed by atoms with E-state index >= 15 is 0 Å². The lowest BCUT2D eigenvalue weighted by Crippen LogP contribution is -2.32. The van der Waals surface area contributed by atoms with E-state index in [0.29, 0.717) is 33.6 Å². The number of carbonyl (C=O) groups is 2. The van der Waals surface area contributed by atoms with Crippen molar-refractivity contribution in [1.82, 2.24) is 5.43 Å². The number of ether oxygens (including phenoxy) is 1. The van der Waals surface area contributed by atoms with Gasteiger partial charge in [0.05, 0.1) is 16.3 Å². The van der Waals surface area contributed by atoms with Crippen LogP contribution in [0.4, 0.5) is 17.1 Å². The molecule has 0 heterocycles. The molecule has 35 heavy (non-hydrogen) atoms. The molecule has 11 heteroatoms. The van der Waals surface area contributed by atoms with Gasteiger partial charge in [0.15, 0.2) is 0 Å². The van der Waals surface area contributed by atoms with Gasteiger partial charge in [-0.25, -0.2) is 8.42 Å². The van der Waals surface area contributed by atoms with Crippen LogP contribution in [0.5, 0.6) is 0 Å². The SMILES string of the molecule is COCC(=O)NNc1ccc(NS(=O)(=O)c2ccc(NC(=O)CSC3CCCCC3)cc2C)cc1. The average Bonchev–Trinajstić information content (AvgIpc) is 2.83. The van der Waals surface area contributed by atoms with E-state index in [0.717, 1.165) is 0 Å². The molecule has 0 radical (unpaired) electrons. The van der Waals surface area contributed by atoms with Gasteiger partial charge in [0, 0.05) is 23.7 Å². The molecule has 0 unspecified atom stereocenters. The van der Waals surface area contributed by atoms with Crippen molar-refractivity contribution in [2.45, 2.75) is 49.2 Å². The molecule has 3 rings (SSSR count). The predicted octanol–water partition coefficient (Wildman–Crippen LogP) is 3.89. The second-order valence-electron chi connectivity index (χ2n) is 8.39. The summed E-state index contributed by atoms with van der Waals surface area (Å²) in [5.41, 5.74) is 7.22. The summed E-state index contributed by atoms with van der Waals surface area (Å²) in [5.74, 6) is -0.0251. The van der Waals surface area contributed by atoms with Crippen molar-refractivity contribution in [3.05, 3.63) is 48.0 Å². The molecule has 0 bridgehead atoms. The van der Waals surface area contributed by atoms with Crippen LogP contribution >= 0.6 is 11.8 Å². The second-order valence-corrected chi connectivity index (χ2v) is 11.3. The zero-order valence-electron chi connectivity index (χ0n) is 19.9. The number of hydrogen-bond donors (Lipinski definition) is 4. The monoisotopic (exact) mass is 520 g/mol. The Labute approximate surface area is 210 Å². The van der Waals surface area contributed by atoms with Gasteiger partial charge in [-0.15, -0.1) is 11.8 Å². The van der Waals surface area contributed by atoms with E-state index in [9.17, 15) is 18.0 Å². The molecule has 2 aromatic rings. The molecule has 0 spiro atoms. The molecule has 0 aromatic heterocycles. The highest BCUT2D eigenvalue weighted by atomic mass is 32.2. The molecule has 4 N–H and O–H groups in total. The van der Waals surface area contributed by atoms with Crippen LogP contribution in [0.1, 0.15) is 37.7 Å². The van der Waals surface area contributed by atoms with E-state index in [1.54, 1.807) is 55.1 Å². The smallest absolute Gasteiger partial charge is 0.264 e. The third-order valence-corrected chi connectivity index (χ3v) is 8.42. The van der Waals surface area contributed by atoms with Crippen molar-refractivity contribution in [3.8, 4) is 0 Å². The zero-order valence-corrected chi connectivity index (χ0v) is 21.6. The number of nitrogens with one attached hydrogen (secondary N) is 4. The molecule has 1 fully saturated rings. The van der Waals surface area contributed by atoms with Gasteiger partial charge in [0.2, 0.25) is 5.91 Å². The summed E-state index contributed by atoms with van der Waals surface area (Å²) < 4.78 is 33.1. The molecule has 0 saturated heterocycles. The summed E-state index contributed by atoms with van der Waals surface area (Å²) in [6.45, 7) is 1.61. The molecular formula is C24H32N4O5S2. The Hall–Kier alpha value is -2.76. The Balaban J connectivity index is 1.55. The summed E-state index contributed by atoms with van der Waals surface area (Å²) in [4.78, 5) is 23.9. The lowest BCUT2D eigenvalue weighted by Gasteiger charge is -2.20. The Bertz CT molecular complexity index is 1120. The molecule has 2 aromatic carbocycles. The van der Waals surface area contributed by atoms with Crippen LogP contribution in [0.15, 0.2) is 47.4 Å². The summed E-state index contributed by atoms with van der Waals surface area (Å²) in [5, 5.41) is 3.42. The average molecular weight is 521 g/mol. The standard InChI is InChI=1S/C24H32N4O5S2/c1-17-14-20(25-24(30)16-34-21-6-4-3-5-7-21)12-13-22(17)35(31,32)28-19-10-8-18(9-11-19)26-27-23(29)15-33-2/h8-14,21,26,28H,3-7,15-16H2,1-2H3,(H,25,30)(H,27,29). The van der Waals surface area contributed by atoms with Crippen molar-refractivity contribution in [3.63, 3.8) is 0 Å². The van der Waals surface area contributed by atoms with Crippen LogP contribution in [0.2, 0.25) is 0 Å². The first-order chi connectivity index (χ1) is 16.8. The minimum Gasteiger partial charge on any atom is -0.375 e. The first kappa shape index (κ1) is 26.8. The molecular weight excluding hydrogens is 488 g/mol. The van der Waals surface area contributed by atoms with Crippen LogP contribution in [-0.4, -0.2) is 45.0 Å². The maximum Gasteiger partial charge on any atom is 0.264 e. The first-order valence-corrected chi connectivity index (χ1v) is 14.0. The molecule has 0 aliphatic heterocycles. The fourth-order valence-electron chi connectivity index (χ4n) is 3.79. The Morgan fingerprint density at radius 3 is 2.29 bits per heavy atom. The first-order valence-electron chi connectivity index (χ1n) is 11.5. The number of sulfonamides is 1. The molecule has 1 saturated carbocycles. The van der Waals surface area contributed by atoms with Crippen molar-refractivity contribution in [1.29, 1.82) is 0 Å². The van der Waals surface area contributed by atoms with Crippen LogP contribution in [0.3, 0.4) is 0 Å². The summed E-state index contributed by atoms with van der Waals surface area (Å²) in [6, 6.07) is 11.2. The largest absolute Gasteiger partial charge is 0.375 e. The van der Waals surface area contributed by atoms with Crippen LogP contribution in [0.25, 0.3) is 0 Å². The Morgan fingerprint density at radius 1 is 0.971 bits per heavy atom. The van der Waals surface area contributed by atoms with Crippen LogP contribution in [-0.2, 0) is 24.3 Å². The van der Waals surface area contributed by atoms with Crippen molar-refractivity contribution < 1.29 is 22.7 Å². The number of amides is 2. The quantitative estimate of drug-likeness (QED) is 0.331. The molecule has 2 amide bonds. The summed E-state index contributed by atoms with van der Waals surface area (Å²) >= 11 is 1.70. The maximum atomic E-state index is 12.9. The maximum absolute atomic E-state index is 12.9. The lowest BCUT2D eigenvalue weighted by molar-refractivity contribution is -0.124. The predicted molar refractivity (Wildman–Crippen MR) is 140 cm³/mol. The second kappa shape index (κ2) is 12.8. The third-order valence-electron chi connectivity index (χ3n) is 5.51. The third kappa shape index (κ3) is 8.44. The van der Waals surface area contributed by atoms with Gasteiger partial charge in [-0.1, -0.05) is 19.3 Å². The molecule has 9 nitrogen and oxygen atoms in total. The van der Waals surface area contributed by atoms with E-state index in [4.69, 9.17) is 4.74 Å². The van der Waals surface area contributed by atoms with E-state index in [1.165, 1.54) is 45.3 Å². The van der Waals surface area contributed by atoms with E-state index in [2.05, 4.69) is 20.9 Å². The highest BCUT2D eigenvalue weighted by molar-refractivity contribution is 8.00. The highest BCUT2D eigenvalue weighted by Gasteiger charge is 2.19.